The first kappa shape index (κ1) is 39.4. The first-order valence-electron chi connectivity index (χ1n) is 24.8. The second kappa shape index (κ2) is 13.4. The van der Waals surface area contributed by atoms with Gasteiger partial charge in [0.1, 0.15) is 11.2 Å². The van der Waals surface area contributed by atoms with Crippen LogP contribution in [0.25, 0.3) is 82.5 Å². The van der Waals surface area contributed by atoms with E-state index in [1.165, 1.54) is 128 Å². The second-order valence-electron chi connectivity index (χ2n) is 22.1. The summed E-state index contributed by atoms with van der Waals surface area (Å²) >= 11 is 0. The Morgan fingerprint density at radius 1 is 0.567 bits per heavy atom. The molecule has 0 unspecified atom stereocenters. The lowest BCUT2D eigenvalue weighted by Crippen LogP contribution is -2.52. The number of hydrogen-bond donors (Lipinski definition) is 0. The van der Waals surface area contributed by atoms with Gasteiger partial charge < -0.3 is 13.8 Å². The monoisotopic (exact) mass is 866 g/mol. The SMILES string of the molecule is CCCCc1ccc(N2C3=C(B4c5c2cc2oc6ccccc6c2c5-c2cccc5c6ccc7ccccc7c6n4c25)C(C)(C)c2cc4c(cc23)C(C)(C)CCC4(C)C)c(-c2ccccc2)c1. The minimum absolute atomic E-state index is 0.0416. The van der Waals surface area contributed by atoms with Gasteiger partial charge in [-0.25, -0.2) is 0 Å². The Bertz CT molecular complexity index is 3840. The van der Waals surface area contributed by atoms with Crippen molar-refractivity contribution in [3.8, 4) is 22.3 Å². The van der Waals surface area contributed by atoms with Crippen LogP contribution < -0.4 is 10.4 Å². The molecule has 0 amide bonds. The van der Waals surface area contributed by atoms with Crippen LogP contribution in [0.3, 0.4) is 0 Å². The van der Waals surface area contributed by atoms with Crippen LogP contribution in [0, 0.1) is 0 Å². The van der Waals surface area contributed by atoms with E-state index in [-0.39, 0.29) is 23.1 Å². The molecule has 0 saturated carbocycles. The highest BCUT2D eigenvalue weighted by molar-refractivity contribution is 6.86. The fourth-order valence-electron chi connectivity index (χ4n) is 13.5. The number of anilines is 2. The number of rotatable bonds is 5. The highest BCUT2D eigenvalue weighted by atomic mass is 16.3. The quantitative estimate of drug-likeness (QED) is 0.161. The van der Waals surface area contributed by atoms with Crippen molar-refractivity contribution in [2.24, 2.45) is 0 Å². The van der Waals surface area contributed by atoms with Gasteiger partial charge >= 0.3 is 6.85 Å². The van der Waals surface area contributed by atoms with E-state index in [0.717, 1.165) is 36.8 Å². The molecule has 2 aliphatic carbocycles. The summed E-state index contributed by atoms with van der Waals surface area (Å²) in [6.45, 7) is 17.2. The summed E-state index contributed by atoms with van der Waals surface area (Å²) in [7, 11) is 0. The number of aryl methyl sites for hydroxylation is 1. The highest BCUT2D eigenvalue weighted by Crippen LogP contribution is 2.61. The molecule has 0 radical (unpaired) electrons. The first-order valence-corrected chi connectivity index (χ1v) is 24.8. The summed E-state index contributed by atoms with van der Waals surface area (Å²) in [5.41, 5.74) is 23.1. The molecule has 0 bridgehead atoms. The van der Waals surface area contributed by atoms with E-state index in [2.05, 4.69) is 203 Å². The Kier molecular flexibility index (Phi) is 7.90. The van der Waals surface area contributed by atoms with Crippen LogP contribution in [0.5, 0.6) is 0 Å². The van der Waals surface area contributed by atoms with E-state index in [0.29, 0.717) is 0 Å². The zero-order valence-corrected chi connectivity index (χ0v) is 39.8. The fourth-order valence-corrected chi connectivity index (χ4v) is 13.5. The summed E-state index contributed by atoms with van der Waals surface area (Å²) in [6, 6.07) is 55.8. The van der Waals surface area contributed by atoms with Gasteiger partial charge in [0.15, 0.2) is 0 Å². The molecule has 0 fully saturated rings. The maximum absolute atomic E-state index is 7.08. The lowest BCUT2D eigenvalue weighted by Gasteiger charge is -2.43. The zero-order chi connectivity index (χ0) is 45.3. The first-order chi connectivity index (χ1) is 32.5. The van der Waals surface area contributed by atoms with Crippen LogP contribution >= 0.6 is 0 Å². The van der Waals surface area contributed by atoms with Gasteiger partial charge in [-0.15, -0.1) is 0 Å². The van der Waals surface area contributed by atoms with Crippen LogP contribution in [0.1, 0.15) is 102 Å². The minimum Gasteiger partial charge on any atom is -0.456 e. The molecule has 0 atom stereocenters. The Morgan fingerprint density at radius 2 is 1.28 bits per heavy atom. The minimum atomic E-state index is -0.337. The maximum Gasteiger partial charge on any atom is 0.329 e. The Morgan fingerprint density at radius 3 is 2.09 bits per heavy atom. The van der Waals surface area contributed by atoms with Gasteiger partial charge in [-0.2, -0.15) is 0 Å². The van der Waals surface area contributed by atoms with E-state index in [4.69, 9.17) is 4.42 Å². The number of aromatic nitrogens is 1. The van der Waals surface area contributed by atoms with Crippen molar-refractivity contribution in [3.05, 3.63) is 179 Å². The normalized spacial score (nSPS) is 17.2. The van der Waals surface area contributed by atoms with Crippen LogP contribution in [0.4, 0.5) is 11.4 Å². The van der Waals surface area contributed by atoms with Crippen molar-refractivity contribution in [1.82, 2.24) is 4.48 Å². The molecule has 4 aliphatic rings. The fraction of sp³-hybridized carbons (Fsp3) is 0.238. The molecule has 3 nitrogen and oxygen atoms in total. The van der Waals surface area contributed by atoms with Crippen LogP contribution in [-0.2, 0) is 22.7 Å². The summed E-state index contributed by atoms with van der Waals surface area (Å²) in [5.74, 6) is 0. The Hall–Kier alpha value is -6.78. The van der Waals surface area contributed by atoms with Crippen molar-refractivity contribution >= 4 is 83.9 Å². The van der Waals surface area contributed by atoms with Gasteiger partial charge in [0.05, 0.1) is 5.69 Å². The average molecular weight is 867 g/mol. The standard InChI is InChI=1S/C63H55BN2O/c1-8-9-18-37-27-30-50(45(33-37)38-19-11-10-12-20-38)65-51-36-53-54(43-23-15-16-26-52(43)67-53)55-44-25-17-24-41-42-29-28-39-21-13-14-22-40(39)57(42)66(58(41)44)64(56(51)55)60-59(65)46-34-48-49(35-47(46)63(60,6)7)62(4,5)32-31-61(48,2)3/h10-17,19-30,33-36H,8-9,18,31-32H2,1-7H3. The molecule has 67 heavy (non-hydrogen) atoms. The molecule has 4 heterocycles. The Labute approximate surface area is 393 Å². The topological polar surface area (TPSA) is 21.3 Å². The van der Waals surface area contributed by atoms with E-state index >= 15 is 0 Å². The predicted octanol–water partition coefficient (Wildman–Crippen LogP) is 16.3. The molecule has 0 N–H and O–H groups in total. The van der Waals surface area contributed by atoms with Crippen molar-refractivity contribution in [2.45, 2.75) is 96.8 Å². The number of furan rings is 1. The number of hydrogen-bond acceptors (Lipinski definition) is 2. The van der Waals surface area contributed by atoms with Crippen LogP contribution in [0.15, 0.2) is 155 Å². The zero-order valence-electron chi connectivity index (χ0n) is 39.8. The highest BCUT2D eigenvalue weighted by Gasteiger charge is 2.55. The van der Waals surface area contributed by atoms with Gasteiger partial charge in [-0.3, -0.25) is 0 Å². The number of unbranched alkanes of at least 4 members (excludes halogenated alkanes) is 1. The molecular formula is C63H55BN2O. The molecule has 0 saturated heterocycles. The summed E-state index contributed by atoms with van der Waals surface area (Å²) in [4.78, 5) is 2.72. The second-order valence-corrected chi connectivity index (χ2v) is 22.1. The van der Waals surface area contributed by atoms with Crippen LogP contribution in [-0.4, -0.2) is 11.3 Å². The molecular weight excluding hydrogens is 812 g/mol. The van der Waals surface area contributed by atoms with Crippen LogP contribution in [0.2, 0.25) is 0 Å². The van der Waals surface area contributed by atoms with Gasteiger partial charge in [-0.05, 0) is 110 Å². The molecule has 10 aromatic rings. The smallest absolute Gasteiger partial charge is 0.329 e. The number of fused-ring (bicyclic) bond motifs is 15. The molecule has 2 aliphatic heterocycles. The molecule has 326 valence electrons. The van der Waals surface area contributed by atoms with Crippen molar-refractivity contribution in [1.29, 1.82) is 0 Å². The molecule has 14 rings (SSSR count). The maximum atomic E-state index is 7.08. The molecule has 2 aromatic heterocycles. The van der Waals surface area contributed by atoms with E-state index in [1.807, 2.05) is 0 Å². The number of allylic oxidation sites excluding steroid dienone is 1. The van der Waals surface area contributed by atoms with Gasteiger partial charge in [0.25, 0.3) is 0 Å². The molecule has 8 aromatic carbocycles. The lowest BCUT2D eigenvalue weighted by atomic mass is 9.40. The largest absolute Gasteiger partial charge is 0.456 e. The van der Waals surface area contributed by atoms with Gasteiger partial charge in [0.2, 0.25) is 0 Å². The van der Waals surface area contributed by atoms with Crippen molar-refractivity contribution in [2.75, 3.05) is 4.90 Å². The van der Waals surface area contributed by atoms with Gasteiger partial charge in [-0.1, -0.05) is 170 Å². The average Bonchev–Trinajstić information content (AvgIpc) is 3.96. The summed E-state index contributed by atoms with van der Waals surface area (Å²) in [6.07, 6.45) is 5.73. The van der Waals surface area contributed by atoms with E-state index in [1.54, 1.807) is 0 Å². The van der Waals surface area contributed by atoms with E-state index < -0.39 is 0 Å². The molecule has 0 spiro atoms. The Balaban J connectivity index is 1.21. The third-order valence-corrected chi connectivity index (χ3v) is 17.0. The third kappa shape index (κ3) is 5.14. The third-order valence-electron chi connectivity index (χ3n) is 17.0. The number of para-hydroxylation sites is 2. The lowest BCUT2D eigenvalue weighted by molar-refractivity contribution is 0.331. The predicted molar refractivity (Wildman–Crippen MR) is 285 cm³/mol. The summed E-state index contributed by atoms with van der Waals surface area (Å²) < 4.78 is 9.89. The summed E-state index contributed by atoms with van der Waals surface area (Å²) in [5, 5.41) is 7.57. The van der Waals surface area contributed by atoms with E-state index in [9.17, 15) is 0 Å². The van der Waals surface area contributed by atoms with Crippen molar-refractivity contribution in [3.63, 3.8) is 0 Å². The van der Waals surface area contributed by atoms with Gasteiger partial charge in [0, 0.05) is 77.5 Å². The number of nitrogens with zero attached hydrogens (tertiary/aromatic N) is 2. The number of benzene rings is 8. The molecule has 4 heteroatoms. The van der Waals surface area contributed by atoms with Crippen molar-refractivity contribution < 1.29 is 4.42 Å².